The zero-order chi connectivity index (χ0) is 20.0. The van der Waals surface area contributed by atoms with Crippen LogP contribution in [0.3, 0.4) is 0 Å². The number of carbonyl (C=O) groups excluding carboxylic acids is 2. The highest BCUT2D eigenvalue weighted by atomic mass is 35.5. The summed E-state index contributed by atoms with van der Waals surface area (Å²) in [5.74, 6) is -1.24. The summed E-state index contributed by atoms with van der Waals surface area (Å²) in [7, 11) is 0. The summed E-state index contributed by atoms with van der Waals surface area (Å²) in [5, 5.41) is 4.00. The fourth-order valence-corrected chi connectivity index (χ4v) is 3.16. The average Bonchev–Trinajstić information content (AvgIpc) is 2.61. The minimum Gasteiger partial charge on any atom is -0.455 e. The van der Waals surface area contributed by atoms with Crippen LogP contribution in [0.4, 0.5) is 0 Å². The molecule has 0 heterocycles. The number of ether oxygens (including phenoxy) is 1. The molecule has 0 spiro atoms. The fourth-order valence-electron chi connectivity index (χ4n) is 2.83. The Labute approximate surface area is 169 Å². The second kappa shape index (κ2) is 9.77. The number of rotatable bonds is 7. The number of nitrogens with one attached hydrogen (secondary N) is 1. The minimum absolute atomic E-state index is 0.0205. The number of amides is 1. The van der Waals surface area contributed by atoms with Crippen LogP contribution < -0.4 is 5.32 Å². The van der Waals surface area contributed by atoms with Crippen LogP contribution in [0.25, 0.3) is 0 Å². The Balaban J connectivity index is 1.94. The van der Waals surface area contributed by atoms with Gasteiger partial charge in [0.15, 0.2) is 6.61 Å². The van der Waals surface area contributed by atoms with Crippen LogP contribution in [-0.2, 0) is 14.3 Å². The Kier molecular flexibility index (Phi) is 7.69. The van der Waals surface area contributed by atoms with E-state index in [1.807, 2.05) is 32.9 Å². The van der Waals surface area contributed by atoms with Gasteiger partial charge < -0.3 is 10.1 Å². The van der Waals surface area contributed by atoms with Crippen LogP contribution in [0.15, 0.2) is 48.5 Å². The van der Waals surface area contributed by atoms with E-state index in [1.165, 1.54) is 0 Å². The molecule has 0 aromatic heterocycles. The summed E-state index contributed by atoms with van der Waals surface area (Å²) in [6.45, 7) is 5.38. The van der Waals surface area contributed by atoms with E-state index in [2.05, 4.69) is 5.32 Å². The van der Waals surface area contributed by atoms with Gasteiger partial charge in [0.1, 0.15) is 0 Å². The Morgan fingerprint density at radius 3 is 2.22 bits per heavy atom. The highest BCUT2D eigenvalue weighted by Gasteiger charge is 2.26. The number of carbonyl (C=O) groups is 2. The highest BCUT2D eigenvalue weighted by Crippen LogP contribution is 2.27. The Hall–Kier alpha value is -2.04. The van der Waals surface area contributed by atoms with Crippen molar-refractivity contribution in [3.05, 3.63) is 69.7 Å². The molecule has 4 nitrogen and oxygen atoms in total. The minimum atomic E-state index is -0.458. The van der Waals surface area contributed by atoms with Gasteiger partial charge in [-0.15, -0.1) is 0 Å². The molecule has 0 aliphatic rings. The molecule has 0 aliphatic heterocycles. The lowest BCUT2D eigenvalue weighted by Crippen LogP contribution is -2.32. The van der Waals surface area contributed by atoms with Gasteiger partial charge in [-0.25, -0.2) is 0 Å². The van der Waals surface area contributed by atoms with Crippen molar-refractivity contribution in [1.82, 2.24) is 5.32 Å². The first-order valence-corrected chi connectivity index (χ1v) is 9.50. The SMILES string of the molecule is CC(C)[C@@H](C(=O)OCC(=O)N[C@@H](C)c1cccc(Cl)c1)c1ccc(Cl)cc1. The largest absolute Gasteiger partial charge is 0.455 e. The molecule has 2 rings (SSSR count). The fraction of sp³-hybridized carbons (Fsp3) is 0.333. The maximum Gasteiger partial charge on any atom is 0.314 e. The number of hydrogen-bond acceptors (Lipinski definition) is 3. The van der Waals surface area contributed by atoms with Crippen molar-refractivity contribution in [2.45, 2.75) is 32.7 Å². The highest BCUT2D eigenvalue weighted by molar-refractivity contribution is 6.30. The third kappa shape index (κ3) is 6.26. The summed E-state index contributed by atoms with van der Waals surface area (Å²) in [4.78, 5) is 24.7. The molecule has 0 radical (unpaired) electrons. The zero-order valence-corrected chi connectivity index (χ0v) is 17.1. The van der Waals surface area contributed by atoms with Gasteiger partial charge in [-0.3, -0.25) is 9.59 Å². The number of benzene rings is 2. The molecule has 0 fully saturated rings. The normalized spacial score (nSPS) is 13.1. The first kappa shape index (κ1) is 21.3. The predicted octanol–water partition coefficient (Wildman–Crippen LogP) is 5.15. The lowest BCUT2D eigenvalue weighted by molar-refractivity contribution is -0.151. The smallest absolute Gasteiger partial charge is 0.314 e. The summed E-state index contributed by atoms with van der Waals surface area (Å²) in [6.07, 6.45) is 0. The first-order valence-electron chi connectivity index (χ1n) is 8.75. The molecular formula is C21H23Cl2NO3. The van der Waals surface area contributed by atoms with Crippen LogP contribution in [0.2, 0.25) is 10.0 Å². The van der Waals surface area contributed by atoms with Crippen molar-refractivity contribution < 1.29 is 14.3 Å². The van der Waals surface area contributed by atoms with Crippen molar-refractivity contribution in [3.63, 3.8) is 0 Å². The van der Waals surface area contributed by atoms with Gasteiger partial charge in [0.05, 0.1) is 12.0 Å². The lowest BCUT2D eigenvalue weighted by atomic mass is 9.88. The van der Waals surface area contributed by atoms with Crippen molar-refractivity contribution in [2.75, 3.05) is 6.61 Å². The molecular weight excluding hydrogens is 385 g/mol. The molecule has 144 valence electrons. The van der Waals surface area contributed by atoms with Gasteiger partial charge in [0.2, 0.25) is 0 Å². The number of esters is 1. The van der Waals surface area contributed by atoms with Crippen molar-refractivity contribution in [3.8, 4) is 0 Å². The second-order valence-corrected chi connectivity index (χ2v) is 7.60. The average molecular weight is 408 g/mol. The summed E-state index contributed by atoms with van der Waals surface area (Å²) in [6, 6.07) is 14.1. The van der Waals surface area contributed by atoms with E-state index in [1.54, 1.807) is 36.4 Å². The maximum atomic E-state index is 12.5. The van der Waals surface area contributed by atoms with Crippen LogP contribution in [-0.4, -0.2) is 18.5 Å². The standard InChI is InChI=1S/C21H23Cl2NO3/c1-13(2)20(15-7-9-17(22)10-8-15)21(26)27-12-19(25)24-14(3)16-5-4-6-18(23)11-16/h4-11,13-14,20H,12H2,1-3H3,(H,24,25)/t14-,20+/m0/s1. The monoisotopic (exact) mass is 407 g/mol. The topological polar surface area (TPSA) is 55.4 Å². The van der Waals surface area contributed by atoms with Crippen LogP contribution in [0.1, 0.15) is 43.9 Å². The molecule has 1 amide bonds. The first-order chi connectivity index (χ1) is 12.8. The molecule has 2 aromatic carbocycles. The Morgan fingerprint density at radius 1 is 0.963 bits per heavy atom. The second-order valence-electron chi connectivity index (χ2n) is 6.73. The Morgan fingerprint density at radius 2 is 1.63 bits per heavy atom. The van der Waals surface area contributed by atoms with E-state index in [0.29, 0.717) is 10.0 Å². The van der Waals surface area contributed by atoms with Crippen LogP contribution in [0, 0.1) is 5.92 Å². The van der Waals surface area contributed by atoms with E-state index in [0.717, 1.165) is 11.1 Å². The van der Waals surface area contributed by atoms with E-state index >= 15 is 0 Å². The van der Waals surface area contributed by atoms with E-state index in [-0.39, 0.29) is 24.5 Å². The van der Waals surface area contributed by atoms with E-state index < -0.39 is 11.9 Å². The van der Waals surface area contributed by atoms with Gasteiger partial charge in [-0.05, 0) is 48.2 Å². The maximum absolute atomic E-state index is 12.5. The quantitative estimate of drug-likeness (QED) is 0.645. The van der Waals surface area contributed by atoms with Gasteiger partial charge in [-0.1, -0.05) is 61.3 Å². The van der Waals surface area contributed by atoms with Gasteiger partial charge in [0.25, 0.3) is 5.91 Å². The van der Waals surface area contributed by atoms with Gasteiger partial charge in [0, 0.05) is 10.0 Å². The molecule has 0 saturated carbocycles. The lowest BCUT2D eigenvalue weighted by Gasteiger charge is -2.20. The molecule has 0 aliphatic carbocycles. The molecule has 0 unspecified atom stereocenters. The van der Waals surface area contributed by atoms with Gasteiger partial charge >= 0.3 is 5.97 Å². The zero-order valence-electron chi connectivity index (χ0n) is 15.5. The van der Waals surface area contributed by atoms with E-state index in [9.17, 15) is 9.59 Å². The van der Waals surface area contributed by atoms with Gasteiger partial charge in [-0.2, -0.15) is 0 Å². The third-order valence-electron chi connectivity index (χ3n) is 4.22. The number of hydrogen-bond donors (Lipinski definition) is 1. The Bertz CT molecular complexity index is 790. The molecule has 0 bridgehead atoms. The van der Waals surface area contributed by atoms with E-state index in [4.69, 9.17) is 27.9 Å². The van der Waals surface area contributed by atoms with Crippen molar-refractivity contribution in [1.29, 1.82) is 0 Å². The predicted molar refractivity (Wildman–Crippen MR) is 108 cm³/mol. The summed E-state index contributed by atoms with van der Waals surface area (Å²) >= 11 is 11.9. The molecule has 1 N–H and O–H groups in total. The molecule has 0 saturated heterocycles. The van der Waals surface area contributed by atoms with Crippen LogP contribution in [0.5, 0.6) is 0 Å². The van der Waals surface area contributed by atoms with Crippen LogP contribution >= 0.6 is 23.2 Å². The molecule has 2 aromatic rings. The number of halogens is 2. The summed E-state index contributed by atoms with van der Waals surface area (Å²) < 4.78 is 5.26. The summed E-state index contributed by atoms with van der Waals surface area (Å²) in [5.41, 5.74) is 1.69. The molecule has 2 atom stereocenters. The van der Waals surface area contributed by atoms with Crippen molar-refractivity contribution in [2.24, 2.45) is 5.92 Å². The molecule has 6 heteroatoms. The molecule has 27 heavy (non-hydrogen) atoms. The van der Waals surface area contributed by atoms with Crippen molar-refractivity contribution >= 4 is 35.1 Å². The third-order valence-corrected chi connectivity index (χ3v) is 4.71.